The molecule has 2 aromatic heterocycles. The summed E-state index contributed by atoms with van der Waals surface area (Å²) >= 11 is 0. The number of aryl methyl sites for hydroxylation is 1. The lowest BCUT2D eigenvalue weighted by atomic mass is 9.92. The average molecular weight is 432 g/mol. The van der Waals surface area contributed by atoms with Crippen LogP contribution in [0.4, 0.5) is 20.3 Å². The van der Waals surface area contributed by atoms with Gasteiger partial charge in [0.05, 0.1) is 0 Å². The number of carboxylic acid groups (broad SMARTS) is 1. The molecule has 160 valence electrons. The Hall–Kier alpha value is -3.94. The van der Waals surface area contributed by atoms with E-state index in [4.69, 9.17) is 0 Å². The molecule has 0 fully saturated rings. The van der Waals surface area contributed by atoms with Crippen LogP contribution >= 0.6 is 0 Å². The zero-order chi connectivity index (χ0) is 22.2. The van der Waals surface area contributed by atoms with Crippen molar-refractivity contribution >= 4 is 28.2 Å². The molecular weight excluding hydrogens is 414 g/mol. The van der Waals surface area contributed by atoms with Crippen LogP contribution in [-0.2, 0) is 6.42 Å². The second kappa shape index (κ2) is 7.96. The van der Waals surface area contributed by atoms with Crippen LogP contribution in [0.1, 0.15) is 34.5 Å². The quantitative estimate of drug-likeness (QED) is 0.464. The Bertz CT molecular complexity index is 1330. The summed E-state index contributed by atoms with van der Waals surface area (Å²) in [6.07, 6.45) is 3.19. The van der Waals surface area contributed by atoms with Crippen molar-refractivity contribution < 1.29 is 18.7 Å². The molecule has 0 atom stereocenters. The van der Waals surface area contributed by atoms with E-state index < -0.39 is 12.4 Å². The van der Waals surface area contributed by atoms with Crippen LogP contribution in [0.25, 0.3) is 21.9 Å². The number of fused-ring (bicyclic) bond motifs is 2. The molecule has 8 heteroatoms. The molecule has 2 aromatic carbocycles. The Labute approximate surface area is 182 Å². The molecule has 1 aliphatic heterocycles. The first-order valence-electron chi connectivity index (χ1n) is 10.1. The topological polar surface area (TPSA) is 79.2 Å². The van der Waals surface area contributed by atoms with Gasteiger partial charge in [0.25, 0.3) is 6.43 Å². The van der Waals surface area contributed by atoms with Gasteiger partial charge in [-0.15, -0.1) is 0 Å². The highest BCUT2D eigenvalue weighted by Crippen LogP contribution is 2.42. The lowest BCUT2D eigenvalue weighted by Crippen LogP contribution is -2.26. The van der Waals surface area contributed by atoms with Crippen LogP contribution in [-0.4, -0.2) is 32.6 Å². The smallest absolute Gasteiger partial charge is 0.354 e. The maximum Gasteiger partial charge on any atom is 0.354 e. The summed E-state index contributed by atoms with van der Waals surface area (Å²) in [4.78, 5) is 25.9. The van der Waals surface area contributed by atoms with E-state index in [0.717, 1.165) is 22.8 Å². The highest BCUT2D eigenvalue weighted by Gasteiger charge is 2.26. The van der Waals surface area contributed by atoms with Gasteiger partial charge in [-0.2, -0.15) is 0 Å². The van der Waals surface area contributed by atoms with Gasteiger partial charge in [0.1, 0.15) is 12.1 Å². The van der Waals surface area contributed by atoms with Gasteiger partial charge in [0.15, 0.2) is 5.69 Å². The lowest BCUT2D eigenvalue weighted by Gasteiger charge is -2.32. The molecule has 5 rings (SSSR count). The maximum absolute atomic E-state index is 14.1. The summed E-state index contributed by atoms with van der Waals surface area (Å²) in [6, 6.07) is 12.1. The fourth-order valence-electron chi connectivity index (χ4n) is 4.23. The van der Waals surface area contributed by atoms with Crippen LogP contribution in [0.3, 0.4) is 0 Å². The zero-order valence-corrected chi connectivity index (χ0v) is 16.9. The predicted octanol–water partition coefficient (Wildman–Crippen LogP) is 5.41. The number of benzene rings is 2. The van der Waals surface area contributed by atoms with Crippen molar-refractivity contribution in [2.75, 3.05) is 11.4 Å². The summed E-state index contributed by atoms with van der Waals surface area (Å²) in [7, 11) is 0. The molecule has 4 aromatic rings. The number of nitrogens with zero attached hydrogens (tertiary/aromatic N) is 4. The molecule has 0 spiro atoms. The fourth-order valence-corrected chi connectivity index (χ4v) is 4.23. The third-order valence-corrected chi connectivity index (χ3v) is 5.67. The molecule has 0 saturated carbocycles. The average Bonchev–Trinajstić information content (AvgIpc) is 2.82. The van der Waals surface area contributed by atoms with Crippen LogP contribution in [0.2, 0.25) is 0 Å². The Kier molecular flexibility index (Phi) is 4.97. The second-order valence-electron chi connectivity index (χ2n) is 7.61. The normalized spacial score (nSPS) is 13.4. The van der Waals surface area contributed by atoms with Gasteiger partial charge >= 0.3 is 5.97 Å². The first-order chi connectivity index (χ1) is 15.5. The van der Waals surface area contributed by atoms with E-state index in [9.17, 15) is 18.7 Å². The van der Waals surface area contributed by atoms with Gasteiger partial charge in [-0.05, 0) is 47.6 Å². The number of aromatic nitrogens is 3. The molecule has 0 aliphatic carbocycles. The minimum atomic E-state index is -2.70. The van der Waals surface area contributed by atoms with Crippen LogP contribution in [0, 0.1) is 0 Å². The third-order valence-electron chi connectivity index (χ3n) is 5.67. The minimum Gasteiger partial charge on any atom is -0.477 e. The number of carboxylic acids is 1. The van der Waals surface area contributed by atoms with Crippen molar-refractivity contribution in [2.45, 2.75) is 19.3 Å². The molecule has 1 aliphatic rings. The molecule has 1 N–H and O–H groups in total. The monoisotopic (exact) mass is 432 g/mol. The van der Waals surface area contributed by atoms with E-state index >= 15 is 0 Å². The molecular formula is C24H18F2N4O2. The minimum absolute atomic E-state index is 0.0852. The largest absolute Gasteiger partial charge is 0.477 e. The fraction of sp³-hybridized carbons (Fsp3) is 0.167. The van der Waals surface area contributed by atoms with Gasteiger partial charge < -0.3 is 10.0 Å². The molecule has 6 nitrogen and oxygen atoms in total. The van der Waals surface area contributed by atoms with Gasteiger partial charge in [0.2, 0.25) is 0 Å². The van der Waals surface area contributed by atoms with Gasteiger partial charge in [-0.1, -0.05) is 24.3 Å². The van der Waals surface area contributed by atoms with Crippen molar-refractivity contribution in [1.82, 2.24) is 15.0 Å². The van der Waals surface area contributed by atoms with Gasteiger partial charge in [0, 0.05) is 41.1 Å². The SMILES string of the molecule is O=C(O)c1cc2ccccc2c(N2CCCc3cc(-c4cncnc4)c(C(F)F)cc32)n1. The summed E-state index contributed by atoms with van der Waals surface area (Å²) in [5.74, 6) is -0.681. The van der Waals surface area contributed by atoms with Crippen LogP contribution in [0.5, 0.6) is 0 Å². The van der Waals surface area contributed by atoms with E-state index in [1.54, 1.807) is 6.07 Å². The predicted molar refractivity (Wildman–Crippen MR) is 116 cm³/mol. The summed E-state index contributed by atoms with van der Waals surface area (Å²) < 4.78 is 28.2. The Morgan fingerprint density at radius 3 is 2.62 bits per heavy atom. The van der Waals surface area contributed by atoms with Crippen molar-refractivity contribution in [2.24, 2.45) is 0 Å². The molecule has 0 amide bonds. The van der Waals surface area contributed by atoms with E-state index in [2.05, 4.69) is 15.0 Å². The first kappa shape index (κ1) is 20.0. The standard InChI is InChI=1S/C24H18F2N4O2/c25-22(26)19-10-21-15(8-18(19)16-11-27-13-28-12-16)5-3-7-30(21)23-17-6-2-1-4-14(17)9-20(29-23)24(31)32/h1-2,4,6,8-13,22H,3,5,7H2,(H,31,32). The van der Waals surface area contributed by atoms with E-state index in [1.165, 1.54) is 30.9 Å². The number of pyridine rings is 1. The van der Waals surface area contributed by atoms with Gasteiger partial charge in [-0.25, -0.2) is 28.5 Å². The summed E-state index contributed by atoms with van der Waals surface area (Å²) in [6.45, 7) is 0.545. The number of hydrogen-bond donors (Lipinski definition) is 1. The number of rotatable bonds is 4. The highest BCUT2D eigenvalue weighted by molar-refractivity contribution is 5.99. The molecule has 3 heterocycles. The molecule has 0 bridgehead atoms. The van der Waals surface area contributed by atoms with E-state index in [-0.39, 0.29) is 11.3 Å². The molecule has 0 radical (unpaired) electrons. The number of hydrogen-bond acceptors (Lipinski definition) is 5. The number of anilines is 2. The van der Waals surface area contributed by atoms with E-state index in [1.807, 2.05) is 29.2 Å². The van der Waals surface area contributed by atoms with Crippen molar-refractivity contribution in [3.8, 4) is 11.1 Å². The zero-order valence-electron chi connectivity index (χ0n) is 16.9. The summed E-state index contributed by atoms with van der Waals surface area (Å²) in [5.41, 5.74) is 2.23. The van der Waals surface area contributed by atoms with Gasteiger partial charge in [-0.3, -0.25) is 0 Å². The maximum atomic E-state index is 14.1. The first-order valence-corrected chi connectivity index (χ1v) is 10.1. The number of aromatic carboxylic acids is 1. The van der Waals surface area contributed by atoms with Crippen molar-refractivity contribution in [3.05, 3.63) is 78.0 Å². The molecule has 0 unspecified atom stereocenters. The Balaban J connectivity index is 1.73. The number of carbonyl (C=O) groups is 1. The number of alkyl halides is 2. The summed E-state index contributed by atoms with van der Waals surface area (Å²) in [5, 5.41) is 11.0. The second-order valence-corrected chi connectivity index (χ2v) is 7.61. The van der Waals surface area contributed by atoms with Crippen LogP contribution in [0.15, 0.2) is 61.2 Å². The Morgan fingerprint density at radius 1 is 1.09 bits per heavy atom. The molecule has 0 saturated heterocycles. The van der Waals surface area contributed by atoms with Crippen molar-refractivity contribution in [1.29, 1.82) is 0 Å². The third kappa shape index (κ3) is 3.43. The lowest BCUT2D eigenvalue weighted by molar-refractivity contribution is 0.0690. The Morgan fingerprint density at radius 2 is 1.88 bits per heavy atom. The molecule has 32 heavy (non-hydrogen) atoms. The highest BCUT2D eigenvalue weighted by atomic mass is 19.3. The van der Waals surface area contributed by atoms with Crippen molar-refractivity contribution in [3.63, 3.8) is 0 Å². The van der Waals surface area contributed by atoms with E-state index in [0.29, 0.717) is 35.6 Å². The van der Waals surface area contributed by atoms with Crippen LogP contribution < -0.4 is 4.90 Å². The number of halogens is 2.